The minimum absolute atomic E-state index is 0.150. The number of aliphatic imine (C=N–C) groups is 1. The molecule has 1 aromatic heterocycles. The first-order chi connectivity index (χ1) is 14.6. The lowest BCUT2D eigenvalue weighted by atomic mass is 9.99. The second-order valence-electron chi connectivity index (χ2n) is 7.23. The van der Waals surface area contributed by atoms with Gasteiger partial charge in [-0.25, -0.2) is 0 Å². The lowest BCUT2D eigenvalue weighted by Crippen LogP contribution is -2.35. The molecule has 7 heteroatoms. The molecule has 0 aliphatic carbocycles. The molecule has 1 N–H and O–H groups in total. The van der Waals surface area contributed by atoms with E-state index in [0.29, 0.717) is 24.2 Å². The summed E-state index contributed by atoms with van der Waals surface area (Å²) >= 11 is 1.34. The summed E-state index contributed by atoms with van der Waals surface area (Å²) in [4.78, 5) is 18.1. The molecule has 30 heavy (non-hydrogen) atoms. The molecule has 0 saturated heterocycles. The number of carbonyl (C=O) groups is 1. The van der Waals surface area contributed by atoms with E-state index in [9.17, 15) is 4.79 Å². The number of hydrogen-bond acceptors (Lipinski definition) is 4. The minimum Gasteiger partial charge on any atom is -0.492 e. The summed E-state index contributed by atoms with van der Waals surface area (Å²) in [5.74, 6) is 1.16. The summed E-state index contributed by atoms with van der Waals surface area (Å²) in [5, 5.41) is 10.7. The molecular weight excluding hydrogens is 396 g/mol. The van der Waals surface area contributed by atoms with E-state index in [1.807, 2.05) is 40.4 Å². The van der Waals surface area contributed by atoms with Crippen molar-refractivity contribution in [1.29, 1.82) is 5.41 Å². The average Bonchev–Trinajstić information content (AvgIpc) is 3.40. The Hall–Kier alpha value is -3.06. The van der Waals surface area contributed by atoms with E-state index < -0.39 is 0 Å². The number of amides is 1. The van der Waals surface area contributed by atoms with Crippen LogP contribution in [0.15, 0.2) is 64.8 Å². The molecule has 4 rings (SSSR count). The number of aromatic nitrogens is 1. The van der Waals surface area contributed by atoms with Gasteiger partial charge in [0, 0.05) is 18.1 Å². The maximum absolute atomic E-state index is 12.4. The number of carbonyl (C=O) groups excluding carboxylic acids is 1. The van der Waals surface area contributed by atoms with E-state index in [-0.39, 0.29) is 17.3 Å². The number of amidine groups is 2. The molecule has 1 atom stereocenters. The van der Waals surface area contributed by atoms with Crippen LogP contribution in [0.2, 0.25) is 0 Å². The molecule has 6 nitrogen and oxygen atoms in total. The van der Waals surface area contributed by atoms with Gasteiger partial charge in [-0.05, 0) is 53.7 Å². The highest BCUT2D eigenvalue weighted by Crippen LogP contribution is 2.27. The topological polar surface area (TPSA) is 70.7 Å². The molecule has 154 valence electrons. The minimum atomic E-state index is -0.382. The van der Waals surface area contributed by atoms with Crippen molar-refractivity contribution >= 4 is 34.7 Å². The van der Waals surface area contributed by atoms with Crippen LogP contribution in [0, 0.1) is 5.41 Å². The van der Waals surface area contributed by atoms with Gasteiger partial charge in [-0.1, -0.05) is 37.7 Å². The Labute approximate surface area is 180 Å². The van der Waals surface area contributed by atoms with Crippen molar-refractivity contribution in [3.05, 3.63) is 71.0 Å². The molecule has 0 fully saturated rings. The Bertz CT molecular complexity index is 1050. The maximum atomic E-state index is 12.4. The molecule has 1 amide bonds. The summed E-state index contributed by atoms with van der Waals surface area (Å²) < 4.78 is 7.91. The number of ether oxygens (including phenoxy) is 1. The first-order valence-corrected chi connectivity index (χ1v) is 10.9. The molecule has 2 aliphatic heterocycles. The third-order valence-corrected chi connectivity index (χ3v) is 6.09. The van der Waals surface area contributed by atoms with Crippen LogP contribution in [0.1, 0.15) is 37.4 Å². The van der Waals surface area contributed by atoms with E-state index in [1.54, 1.807) is 17.2 Å². The summed E-state index contributed by atoms with van der Waals surface area (Å²) in [6.45, 7) is 5.55. The lowest BCUT2D eigenvalue weighted by Gasteiger charge is -2.22. The Kier molecular flexibility index (Phi) is 5.90. The summed E-state index contributed by atoms with van der Waals surface area (Å²) in [7, 11) is 0. The number of rotatable bonds is 7. The highest BCUT2D eigenvalue weighted by atomic mass is 32.2. The molecule has 2 aliphatic rings. The van der Waals surface area contributed by atoms with Crippen LogP contribution in [0.5, 0.6) is 5.75 Å². The first kappa shape index (κ1) is 20.2. The largest absolute Gasteiger partial charge is 0.492 e. The van der Waals surface area contributed by atoms with E-state index in [2.05, 4.69) is 31.0 Å². The molecule has 2 aromatic rings. The smallest absolute Gasteiger partial charge is 0.283 e. The van der Waals surface area contributed by atoms with Crippen LogP contribution in [0.3, 0.4) is 0 Å². The van der Waals surface area contributed by atoms with Crippen molar-refractivity contribution in [1.82, 2.24) is 9.47 Å². The number of hydrogen-bond donors (Lipinski definition) is 1. The van der Waals surface area contributed by atoms with Crippen LogP contribution < -0.4 is 4.74 Å². The van der Waals surface area contributed by atoms with E-state index in [4.69, 9.17) is 10.1 Å². The van der Waals surface area contributed by atoms with Crippen molar-refractivity contribution < 1.29 is 9.53 Å². The van der Waals surface area contributed by atoms with Gasteiger partial charge >= 0.3 is 0 Å². The van der Waals surface area contributed by atoms with Crippen LogP contribution in [0.4, 0.5) is 0 Å². The fraction of sp³-hybridized carbons (Fsp3) is 0.261. The fourth-order valence-corrected chi connectivity index (χ4v) is 4.04. The van der Waals surface area contributed by atoms with Crippen LogP contribution in [-0.4, -0.2) is 33.0 Å². The van der Waals surface area contributed by atoms with Gasteiger partial charge in [-0.15, -0.1) is 0 Å². The quantitative estimate of drug-likeness (QED) is 0.650. The molecule has 0 radical (unpaired) electrons. The van der Waals surface area contributed by atoms with Crippen molar-refractivity contribution in [2.75, 3.05) is 6.61 Å². The zero-order chi connectivity index (χ0) is 21.1. The highest BCUT2D eigenvalue weighted by molar-refractivity contribution is 8.16. The monoisotopic (exact) mass is 420 g/mol. The predicted molar refractivity (Wildman–Crippen MR) is 122 cm³/mol. The van der Waals surface area contributed by atoms with Crippen LogP contribution in [-0.2, 0) is 11.3 Å². The summed E-state index contributed by atoms with van der Waals surface area (Å²) in [6, 6.07) is 12.1. The number of fused-ring (bicyclic) bond motifs is 1. The second kappa shape index (κ2) is 8.75. The third kappa shape index (κ3) is 4.11. The molecule has 1 unspecified atom stereocenters. The standard InChI is InChI=1S/C23H24N4O2S/c1-3-16(2)17-6-8-19(9-7-17)29-13-11-26-10-4-5-18(26)15-20-21(24)27-12-14-30-23(27)25-22(20)28/h4-10,12,14-16,24H,3,11,13H2,1-2H3/b20-15-,24-21?. The zero-order valence-corrected chi connectivity index (χ0v) is 17.9. The summed E-state index contributed by atoms with van der Waals surface area (Å²) in [5.41, 5.74) is 2.45. The van der Waals surface area contributed by atoms with Gasteiger partial charge in [0.1, 0.15) is 18.2 Å². The Morgan fingerprint density at radius 3 is 2.83 bits per heavy atom. The molecule has 0 saturated carbocycles. The van der Waals surface area contributed by atoms with Crippen LogP contribution >= 0.6 is 11.8 Å². The van der Waals surface area contributed by atoms with E-state index >= 15 is 0 Å². The number of benzene rings is 1. The third-order valence-electron chi connectivity index (χ3n) is 5.33. The van der Waals surface area contributed by atoms with Crippen molar-refractivity contribution in [3.8, 4) is 5.75 Å². The Balaban J connectivity index is 1.42. The van der Waals surface area contributed by atoms with Gasteiger partial charge in [0.2, 0.25) is 0 Å². The maximum Gasteiger partial charge on any atom is 0.283 e. The fourth-order valence-electron chi connectivity index (χ4n) is 3.33. The van der Waals surface area contributed by atoms with Crippen molar-refractivity contribution in [3.63, 3.8) is 0 Å². The molecule has 0 bridgehead atoms. The second-order valence-corrected chi connectivity index (χ2v) is 8.11. The van der Waals surface area contributed by atoms with Gasteiger partial charge in [0.25, 0.3) is 5.91 Å². The molecule has 0 spiro atoms. The van der Waals surface area contributed by atoms with Gasteiger partial charge < -0.3 is 9.30 Å². The number of nitrogens with zero attached hydrogens (tertiary/aromatic N) is 3. The molecular formula is C23H24N4O2S. The number of nitrogens with one attached hydrogen (secondary N) is 1. The van der Waals surface area contributed by atoms with Gasteiger partial charge in [0.05, 0.1) is 12.1 Å². The Morgan fingerprint density at radius 2 is 2.07 bits per heavy atom. The van der Waals surface area contributed by atoms with E-state index in [1.165, 1.54) is 17.3 Å². The molecule has 1 aromatic carbocycles. The van der Waals surface area contributed by atoms with Gasteiger partial charge in [-0.3, -0.25) is 15.1 Å². The summed E-state index contributed by atoms with van der Waals surface area (Å²) in [6.07, 6.45) is 6.54. The normalized spacial score (nSPS) is 18.0. The van der Waals surface area contributed by atoms with Crippen molar-refractivity contribution in [2.24, 2.45) is 4.99 Å². The van der Waals surface area contributed by atoms with E-state index in [0.717, 1.165) is 17.9 Å². The lowest BCUT2D eigenvalue weighted by molar-refractivity contribution is -0.114. The highest BCUT2D eigenvalue weighted by Gasteiger charge is 2.31. The zero-order valence-electron chi connectivity index (χ0n) is 17.0. The first-order valence-electron chi connectivity index (χ1n) is 10.0. The van der Waals surface area contributed by atoms with Gasteiger partial charge in [-0.2, -0.15) is 4.99 Å². The van der Waals surface area contributed by atoms with Crippen LogP contribution in [0.25, 0.3) is 6.08 Å². The van der Waals surface area contributed by atoms with Crippen molar-refractivity contribution in [2.45, 2.75) is 32.7 Å². The predicted octanol–water partition coefficient (Wildman–Crippen LogP) is 4.86. The Morgan fingerprint density at radius 1 is 1.27 bits per heavy atom. The number of thioether (sulfide) groups is 1. The average molecular weight is 421 g/mol. The SMILES string of the molecule is CCC(C)c1ccc(OCCn2cccc2/C=C2/C(=N)N3C=CSC3=NC2=O)cc1. The van der Waals surface area contributed by atoms with Gasteiger partial charge in [0.15, 0.2) is 5.17 Å². The molecule has 3 heterocycles.